The van der Waals surface area contributed by atoms with Crippen molar-refractivity contribution in [3.63, 3.8) is 0 Å². The molecule has 1 aliphatic rings. The molecule has 1 aromatic rings. The lowest BCUT2D eigenvalue weighted by Gasteiger charge is -2.40. The highest BCUT2D eigenvalue weighted by atomic mass is 16.4. The minimum Gasteiger partial charge on any atom is -0.480 e. The van der Waals surface area contributed by atoms with Gasteiger partial charge >= 0.3 is 5.97 Å². The van der Waals surface area contributed by atoms with Gasteiger partial charge in [-0.1, -0.05) is 30.3 Å². The molecule has 1 aliphatic heterocycles. The number of piperidine rings is 1. The van der Waals surface area contributed by atoms with Crippen LogP contribution < -0.4 is 0 Å². The maximum absolute atomic E-state index is 11.0. The Hall–Kier alpha value is -1.39. The van der Waals surface area contributed by atoms with Gasteiger partial charge in [-0.05, 0) is 31.2 Å². The van der Waals surface area contributed by atoms with Crippen molar-refractivity contribution in [2.24, 2.45) is 5.92 Å². The van der Waals surface area contributed by atoms with E-state index in [2.05, 4.69) is 0 Å². The number of carboxylic acid groups (broad SMARTS) is 1. The molecule has 0 radical (unpaired) electrons. The van der Waals surface area contributed by atoms with E-state index in [1.807, 2.05) is 35.2 Å². The van der Waals surface area contributed by atoms with Crippen LogP contribution in [0, 0.1) is 5.92 Å². The lowest BCUT2D eigenvalue weighted by atomic mass is 9.86. The van der Waals surface area contributed by atoms with Gasteiger partial charge in [-0.25, -0.2) is 0 Å². The number of rotatable bonds is 4. The molecule has 1 saturated heterocycles. The Morgan fingerprint density at radius 3 is 2.63 bits per heavy atom. The van der Waals surface area contributed by atoms with Crippen molar-refractivity contribution in [1.82, 2.24) is 4.90 Å². The van der Waals surface area contributed by atoms with Crippen molar-refractivity contribution in [2.75, 3.05) is 13.1 Å². The second kappa shape index (κ2) is 6.17. The molecule has 4 nitrogen and oxygen atoms in total. The summed E-state index contributed by atoms with van der Waals surface area (Å²) in [6, 6.07) is 10.2. The number of likely N-dealkylation sites (tertiary alicyclic amines) is 1. The fourth-order valence-corrected chi connectivity index (χ4v) is 2.87. The minimum atomic E-state index is -0.813. The van der Waals surface area contributed by atoms with Crippen molar-refractivity contribution in [2.45, 2.75) is 31.9 Å². The summed E-state index contributed by atoms with van der Waals surface area (Å²) in [6.07, 6.45) is 1.45. The molecule has 104 valence electrons. The standard InChI is InChI=1S/C15H21NO3/c1-11(17)13-7-8-14(12-5-3-2-4-6-12)16(9-13)10-15(18)19/h2-6,11,13-14,17H,7-10H2,1H3,(H,18,19)/t11?,13?,14-/m0/s1. The Bertz CT molecular complexity index is 419. The third-order valence-corrected chi connectivity index (χ3v) is 3.93. The molecule has 0 aliphatic carbocycles. The van der Waals surface area contributed by atoms with Crippen LogP contribution in [0.2, 0.25) is 0 Å². The molecule has 19 heavy (non-hydrogen) atoms. The summed E-state index contributed by atoms with van der Waals surface area (Å²) in [4.78, 5) is 13.0. The molecule has 2 rings (SSSR count). The van der Waals surface area contributed by atoms with Crippen LogP contribution >= 0.6 is 0 Å². The molecule has 0 saturated carbocycles. The first kappa shape index (κ1) is 14.0. The monoisotopic (exact) mass is 263 g/mol. The van der Waals surface area contributed by atoms with Crippen molar-refractivity contribution in [3.05, 3.63) is 35.9 Å². The zero-order chi connectivity index (χ0) is 13.8. The van der Waals surface area contributed by atoms with Crippen molar-refractivity contribution in [3.8, 4) is 0 Å². The van der Waals surface area contributed by atoms with Crippen molar-refractivity contribution < 1.29 is 15.0 Å². The van der Waals surface area contributed by atoms with E-state index in [1.54, 1.807) is 6.92 Å². The lowest BCUT2D eigenvalue weighted by Crippen LogP contribution is -2.43. The highest BCUT2D eigenvalue weighted by Gasteiger charge is 2.32. The van der Waals surface area contributed by atoms with Crippen LogP contribution in [0.3, 0.4) is 0 Å². The molecule has 0 bridgehead atoms. The topological polar surface area (TPSA) is 60.8 Å². The van der Waals surface area contributed by atoms with Crippen LogP contribution in [0.1, 0.15) is 31.4 Å². The van der Waals surface area contributed by atoms with Crippen LogP contribution in [-0.4, -0.2) is 40.3 Å². The number of aliphatic hydroxyl groups excluding tert-OH is 1. The zero-order valence-electron chi connectivity index (χ0n) is 11.2. The molecular weight excluding hydrogens is 242 g/mol. The highest BCUT2D eigenvalue weighted by Crippen LogP contribution is 2.34. The summed E-state index contributed by atoms with van der Waals surface area (Å²) in [5, 5.41) is 18.8. The Balaban J connectivity index is 2.15. The number of hydrogen-bond donors (Lipinski definition) is 2. The fraction of sp³-hybridized carbons (Fsp3) is 0.533. The lowest BCUT2D eigenvalue weighted by molar-refractivity contribution is -0.140. The normalized spacial score (nSPS) is 26.0. The summed E-state index contributed by atoms with van der Waals surface area (Å²) < 4.78 is 0. The SMILES string of the molecule is CC(O)C1CC[C@@H](c2ccccc2)N(CC(=O)O)C1. The first-order valence-corrected chi connectivity index (χ1v) is 6.76. The number of carbonyl (C=O) groups is 1. The molecule has 3 atom stereocenters. The van der Waals surface area contributed by atoms with Crippen LogP contribution in [-0.2, 0) is 4.79 Å². The smallest absolute Gasteiger partial charge is 0.317 e. The molecule has 2 unspecified atom stereocenters. The summed E-state index contributed by atoms with van der Waals surface area (Å²) in [7, 11) is 0. The number of nitrogens with zero attached hydrogens (tertiary/aromatic N) is 1. The molecule has 0 amide bonds. The average molecular weight is 263 g/mol. The van der Waals surface area contributed by atoms with E-state index in [0.717, 1.165) is 18.4 Å². The molecule has 0 aromatic heterocycles. The average Bonchev–Trinajstić information content (AvgIpc) is 2.39. The third-order valence-electron chi connectivity index (χ3n) is 3.93. The van der Waals surface area contributed by atoms with Gasteiger partial charge in [-0.15, -0.1) is 0 Å². The molecule has 1 heterocycles. The van der Waals surface area contributed by atoms with Crippen LogP contribution in [0.15, 0.2) is 30.3 Å². The maximum atomic E-state index is 11.0. The van der Waals surface area contributed by atoms with Gasteiger partial charge < -0.3 is 10.2 Å². The van der Waals surface area contributed by atoms with Gasteiger partial charge in [0.15, 0.2) is 0 Å². The summed E-state index contributed by atoms with van der Waals surface area (Å²) in [6.45, 7) is 2.46. The zero-order valence-corrected chi connectivity index (χ0v) is 11.2. The van der Waals surface area contributed by atoms with Crippen LogP contribution in [0.25, 0.3) is 0 Å². The van der Waals surface area contributed by atoms with Crippen molar-refractivity contribution in [1.29, 1.82) is 0 Å². The number of aliphatic hydroxyl groups is 1. The largest absolute Gasteiger partial charge is 0.480 e. The second-order valence-electron chi connectivity index (χ2n) is 5.33. The van der Waals surface area contributed by atoms with Crippen molar-refractivity contribution >= 4 is 5.97 Å². The summed E-state index contributed by atoms with van der Waals surface area (Å²) in [5.74, 6) is -0.647. The molecule has 1 aromatic carbocycles. The van der Waals surface area contributed by atoms with Crippen LogP contribution in [0.5, 0.6) is 0 Å². The van der Waals surface area contributed by atoms with Crippen LogP contribution in [0.4, 0.5) is 0 Å². The molecule has 2 N–H and O–H groups in total. The Morgan fingerprint density at radius 2 is 2.05 bits per heavy atom. The first-order valence-electron chi connectivity index (χ1n) is 6.76. The Kier molecular flexibility index (Phi) is 4.56. The first-order chi connectivity index (χ1) is 9.08. The number of aliphatic carboxylic acids is 1. The van der Waals surface area contributed by atoms with E-state index in [9.17, 15) is 9.90 Å². The summed E-state index contributed by atoms with van der Waals surface area (Å²) >= 11 is 0. The molecule has 0 spiro atoms. The maximum Gasteiger partial charge on any atom is 0.317 e. The molecule has 1 fully saturated rings. The van der Waals surface area contributed by atoms with Gasteiger partial charge in [0.1, 0.15) is 0 Å². The quantitative estimate of drug-likeness (QED) is 0.871. The second-order valence-corrected chi connectivity index (χ2v) is 5.33. The van der Waals surface area contributed by atoms with E-state index in [1.165, 1.54) is 0 Å². The van der Waals surface area contributed by atoms with E-state index >= 15 is 0 Å². The third kappa shape index (κ3) is 3.55. The van der Waals surface area contributed by atoms with E-state index < -0.39 is 5.97 Å². The predicted octanol–water partition coefficient (Wildman–Crippen LogP) is 1.91. The predicted molar refractivity (Wildman–Crippen MR) is 72.8 cm³/mol. The van der Waals surface area contributed by atoms with Gasteiger partial charge in [0, 0.05) is 12.6 Å². The Morgan fingerprint density at radius 1 is 1.37 bits per heavy atom. The Labute approximate surface area is 113 Å². The minimum absolute atomic E-state index is 0.0305. The van der Waals surface area contributed by atoms with E-state index in [-0.39, 0.29) is 24.6 Å². The summed E-state index contributed by atoms with van der Waals surface area (Å²) in [5.41, 5.74) is 1.16. The molecule has 4 heteroatoms. The van der Waals surface area contributed by atoms with Gasteiger partial charge in [-0.3, -0.25) is 9.69 Å². The number of carboxylic acids is 1. The van der Waals surface area contributed by atoms with Gasteiger partial charge in [0.25, 0.3) is 0 Å². The number of benzene rings is 1. The van der Waals surface area contributed by atoms with Gasteiger partial charge in [0.2, 0.25) is 0 Å². The highest BCUT2D eigenvalue weighted by molar-refractivity contribution is 5.69. The number of hydrogen-bond acceptors (Lipinski definition) is 3. The molecular formula is C15H21NO3. The van der Waals surface area contributed by atoms with Gasteiger partial charge in [0.05, 0.1) is 12.6 Å². The van der Waals surface area contributed by atoms with E-state index in [4.69, 9.17) is 5.11 Å². The fourth-order valence-electron chi connectivity index (χ4n) is 2.87. The van der Waals surface area contributed by atoms with E-state index in [0.29, 0.717) is 6.54 Å². The van der Waals surface area contributed by atoms with Gasteiger partial charge in [-0.2, -0.15) is 0 Å².